The molecule has 108 valence electrons. The highest BCUT2D eigenvalue weighted by Crippen LogP contribution is 2.35. The van der Waals surface area contributed by atoms with Crippen LogP contribution in [-0.2, 0) is 4.79 Å². The van der Waals surface area contributed by atoms with Gasteiger partial charge in [0, 0.05) is 18.0 Å². The summed E-state index contributed by atoms with van der Waals surface area (Å²) in [6.07, 6.45) is 5.62. The number of amides is 1. The average molecular weight is 265 g/mol. The fraction of sp³-hybridized carbons (Fsp3) is 0.933. The fourth-order valence-electron chi connectivity index (χ4n) is 4.02. The van der Waals surface area contributed by atoms with Crippen molar-refractivity contribution in [2.75, 3.05) is 32.7 Å². The largest absolute Gasteiger partial charge is 0.350 e. The van der Waals surface area contributed by atoms with Gasteiger partial charge in [-0.05, 0) is 71.1 Å². The Kier molecular flexibility index (Phi) is 3.81. The number of carbonyl (C=O) groups is 1. The molecule has 1 amide bonds. The molecule has 2 N–H and O–H groups in total. The molecule has 4 aliphatic heterocycles. The van der Waals surface area contributed by atoms with Crippen LogP contribution in [0.2, 0.25) is 0 Å². The maximum atomic E-state index is 12.5. The molecule has 0 aromatic carbocycles. The molecule has 4 heteroatoms. The van der Waals surface area contributed by atoms with E-state index in [4.69, 9.17) is 0 Å². The van der Waals surface area contributed by atoms with E-state index < -0.39 is 0 Å². The van der Waals surface area contributed by atoms with Crippen LogP contribution >= 0.6 is 0 Å². The maximum Gasteiger partial charge on any atom is 0.223 e. The van der Waals surface area contributed by atoms with Crippen molar-refractivity contribution in [3.8, 4) is 0 Å². The molecule has 0 saturated carbocycles. The fourth-order valence-corrected chi connectivity index (χ4v) is 4.02. The second-order valence-corrected chi connectivity index (χ2v) is 6.80. The van der Waals surface area contributed by atoms with E-state index in [0.717, 1.165) is 38.9 Å². The Labute approximate surface area is 116 Å². The molecule has 0 aromatic rings. The van der Waals surface area contributed by atoms with Crippen molar-refractivity contribution in [2.45, 2.75) is 44.6 Å². The molecular weight excluding hydrogens is 238 g/mol. The molecule has 19 heavy (non-hydrogen) atoms. The molecule has 1 unspecified atom stereocenters. The van der Waals surface area contributed by atoms with Crippen LogP contribution in [0, 0.1) is 11.8 Å². The zero-order chi connectivity index (χ0) is 13.3. The molecule has 4 fully saturated rings. The molecule has 1 atom stereocenters. The minimum atomic E-state index is 0.0349. The molecule has 0 aromatic heterocycles. The van der Waals surface area contributed by atoms with Crippen molar-refractivity contribution >= 4 is 5.91 Å². The molecule has 0 radical (unpaired) electrons. The molecule has 2 bridgehead atoms. The highest BCUT2D eigenvalue weighted by Gasteiger charge is 2.41. The van der Waals surface area contributed by atoms with Crippen LogP contribution in [0.3, 0.4) is 0 Å². The van der Waals surface area contributed by atoms with Crippen molar-refractivity contribution in [1.82, 2.24) is 15.5 Å². The Morgan fingerprint density at radius 2 is 1.84 bits per heavy atom. The molecule has 0 aliphatic carbocycles. The lowest BCUT2D eigenvalue weighted by Gasteiger charge is -2.39. The van der Waals surface area contributed by atoms with E-state index in [9.17, 15) is 4.79 Å². The van der Waals surface area contributed by atoms with Gasteiger partial charge in [-0.25, -0.2) is 0 Å². The average Bonchev–Trinajstić information content (AvgIpc) is 2.70. The lowest BCUT2D eigenvalue weighted by Crippen LogP contribution is -2.54. The first-order valence-corrected chi connectivity index (χ1v) is 7.92. The van der Waals surface area contributed by atoms with E-state index >= 15 is 0 Å². The van der Waals surface area contributed by atoms with Gasteiger partial charge in [0.15, 0.2) is 0 Å². The first-order chi connectivity index (χ1) is 9.17. The topological polar surface area (TPSA) is 44.4 Å². The van der Waals surface area contributed by atoms with Crippen LogP contribution in [0.15, 0.2) is 0 Å². The molecule has 4 heterocycles. The van der Waals surface area contributed by atoms with Gasteiger partial charge < -0.3 is 15.5 Å². The van der Waals surface area contributed by atoms with Crippen LogP contribution in [-0.4, -0.2) is 49.1 Å². The third-order valence-electron chi connectivity index (χ3n) is 5.55. The number of nitrogens with zero attached hydrogens (tertiary/aromatic N) is 1. The molecule has 4 rings (SSSR count). The summed E-state index contributed by atoms with van der Waals surface area (Å²) in [4.78, 5) is 15.1. The first-order valence-electron chi connectivity index (χ1n) is 7.92. The van der Waals surface area contributed by atoms with Gasteiger partial charge in [0.1, 0.15) is 0 Å². The van der Waals surface area contributed by atoms with Crippen molar-refractivity contribution in [3.63, 3.8) is 0 Å². The zero-order valence-corrected chi connectivity index (χ0v) is 12.1. The second-order valence-electron chi connectivity index (χ2n) is 6.80. The van der Waals surface area contributed by atoms with Gasteiger partial charge in [-0.2, -0.15) is 0 Å². The molecular formula is C15H27N3O. The van der Waals surface area contributed by atoms with Gasteiger partial charge >= 0.3 is 0 Å². The minimum absolute atomic E-state index is 0.0349. The summed E-state index contributed by atoms with van der Waals surface area (Å²) >= 11 is 0. The van der Waals surface area contributed by atoms with Gasteiger partial charge in [0.2, 0.25) is 5.91 Å². The van der Waals surface area contributed by atoms with Gasteiger partial charge in [-0.15, -0.1) is 0 Å². The standard InChI is InChI=1S/C15H27N3O/c1-15(6-11-18-9-4-13(15)5-10-18)17-14(19)12-2-7-16-8-3-12/h12-13,16H,2-11H2,1H3,(H,17,19). The van der Waals surface area contributed by atoms with E-state index in [-0.39, 0.29) is 11.5 Å². The molecule has 4 saturated heterocycles. The Morgan fingerprint density at radius 3 is 2.53 bits per heavy atom. The van der Waals surface area contributed by atoms with E-state index in [1.54, 1.807) is 0 Å². The van der Waals surface area contributed by atoms with Gasteiger partial charge in [-0.1, -0.05) is 0 Å². The molecule has 0 spiro atoms. The smallest absolute Gasteiger partial charge is 0.223 e. The summed E-state index contributed by atoms with van der Waals surface area (Å²) in [6, 6.07) is 0. The number of piperidine rings is 2. The predicted octanol–water partition coefficient (Wildman–Crippen LogP) is 0.977. The van der Waals surface area contributed by atoms with Crippen molar-refractivity contribution in [1.29, 1.82) is 0 Å². The highest BCUT2D eigenvalue weighted by atomic mass is 16.2. The predicted molar refractivity (Wildman–Crippen MR) is 75.9 cm³/mol. The molecule has 4 nitrogen and oxygen atoms in total. The van der Waals surface area contributed by atoms with Crippen molar-refractivity contribution < 1.29 is 4.79 Å². The van der Waals surface area contributed by atoms with E-state index in [1.165, 1.54) is 25.9 Å². The number of fused-ring (bicyclic) bond motifs is 4. The van der Waals surface area contributed by atoms with Gasteiger partial charge in [0.25, 0.3) is 0 Å². The number of hydrogen-bond acceptors (Lipinski definition) is 3. The maximum absolute atomic E-state index is 12.5. The number of carbonyl (C=O) groups excluding carboxylic acids is 1. The van der Waals surface area contributed by atoms with Crippen LogP contribution in [0.4, 0.5) is 0 Å². The Morgan fingerprint density at radius 1 is 1.16 bits per heavy atom. The SMILES string of the molecule is CC1(NC(=O)C2CCNCC2)CCN2CCC1CC2. The Bertz CT molecular complexity index is 332. The quantitative estimate of drug-likeness (QED) is 0.782. The number of hydrogen-bond donors (Lipinski definition) is 2. The Balaban J connectivity index is 1.65. The zero-order valence-electron chi connectivity index (χ0n) is 12.1. The Hall–Kier alpha value is -0.610. The minimum Gasteiger partial charge on any atom is -0.350 e. The van der Waals surface area contributed by atoms with E-state index in [0.29, 0.717) is 11.8 Å². The van der Waals surface area contributed by atoms with Gasteiger partial charge in [-0.3, -0.25) is 4.79 Å². The lowest BCUT2D eigenvalue weighted by molar-refractivity contribution is -0.128. The monoisotopic (exact) mass is 265 g/mol. The first kappa shape index (κ1) is 13.4. The van der Waals surface area contributed by atoms with Gasteiger partial charge in [0.05, 0.1) is 0 Å². The third-order valence-corrected chi connectivity index (χ3v) is 5.55. The van der Waals surface area contributed by atoms with Crippen LogP contribution in [0.1, 0.15) is 39.0 Å². The van der Waals surface area contributed by atoms with Crippen molar-refractivity contribution in [2.24, 2.45) is 11.8 Å². The van der Waals surface area contributed by atoms with Crippen LogP contribution in [0.5, 0.6) is 0 Å². The highest BCUT2D eigenvalue weighted by molar-refractivity contribution is 5.79. The van der Waals surface area contributed by atoms with E-state index in [2.05, 4.69) is 22.5 Å². The van der Waals surface area contributed by atoms with Crippen LogP contribution in [0.25, 0.3) is 0 Å². The summed E-state index contributed by atoms with van der Waals surface area (Å²) in [7, 11) is 0. The number of rotatable bonds is 2. The summed E-state index contributed by atoms with van der Waals surface area (Å²) in [6.45, 7) is 7.87. The molecule has 4 aliphatic rings. The normalized spacial score (nSPS) is 39.8. The number of nitrogens with one attached hydrogen (secondary N) is 2. The lowest BCUT2D eigenvalue weighted by atomic mass is 9.78. The second kappa shape index (κ2) is 5.41. The van der Waals surface area contributed by atoms with E-state index in [1.807, 2.05) is 0 Å². The van der Waals surface area contributed by atoms with Crippen molar-refractivity contribution in [3.05, 3.63) is 0 Å². The summed E-state index contributed by atoms with van der Waals surface area (Å²) < 4.78 is 0. The summed E-state index contributed by atoms with van der Waals surface area (Å²) in [5.74, 6) is 1.22. The summed E-state index contributed by atoms with van der Waals surface area (Å²) in [5, 5.41) is 6.77. The summed E-state index contributed by atoms with van der Waals surface area (Å²) in [5.41, 5.74) is 0.0349. The van der Waals surface area contributed by atoms with Crippen LogP contribution < -0.4 is 10.6 Å². The third kappa shape index (κ3) is 2.79.